The van der Waals surface area contributed by atoms with Gasteiger partial charge in [-0.1, -0.05) is 26.0 Å². The molecule has 28 heavy (non-hydrogen) atoms. The number of hydrogen-bond donors (Lipinski definition) is 1. The van der Waals surface area contributed by atoms with Crippen molar-refractivity contribution in [1.29, 1.82) is 0 Å². The van der Waals surface area contributed by atoms with E-state index in [1.54, 1.807) is 12.1 Å². The number of benzene rings is 2. The second kappa shape index (κ2) is 6.09. The molecular formula is C23H22FNO3. The van der Waals surface area contributed by atoms with E-state index in [4.69, 9.17) is 9.47 Å². The van der Waals surface area contributed by atoms with Gasteiger partial charge in [0.2, 0.25) is 0 Å². The molecule has 2 aliphatic heterocycles. The Morgan fingerprint density at radius 2 is 1.71 bits per heavy atom. The van der Waals surface area contributed by atoms with Gasteiger partial charge in [0.15, 0.2) is 17.3 Å². The molecule has 1 atom stereocenters. The fourth-order valence-electron chi connectivity index (χ4n) is 4.55. The molecule has 5 heteroatoms. The van der Waals surface area contributed by atoms with Crippen LogP contribution >= 0.6 is 0 Å². The van der Waals surface area contributed by atoms with Crippen molar-refractivity contribution in [3.05, 3.63) is 64.6 Å². The molecule has 5 rings (SSSR count). The first kappa shape index (κ1) is 17.3. The third-order valence-corrected chi connectivity index (χ3v) is 5.72. The lowest BCUT2D eigenvalue weighted by atomic mass is 9.68. The van der Waals surface area contributed by atoms with Crippen LogP contribution in [0.1, 0.15) is 43.7 Å². The molecule has 0 aromatic heterocycles. The number of nitrogens with one attached hydrogen (secondary N) is 1. The molecule has 2 heterocycles. The summed E-state index contributed by atoms with van der Waals surface area (Å²) in [5.41, 5.74) is 4.43. The van der Waals surface area contributed by atoms with Crippen molar-refractivity contribution in [2.24, 2.45) is 5.41 Å². The van der Waals surface area contributed by atoms with E-state index in [1.807, 2.05) is 12.1 Å². The molecule has 0 spiro atoms. The average molecular weight is 379 g/mol. The summed E-state index contributed by atoms with van der Waals surface area (Å²) in [6.45, 7) is 5.25. The number of ether oxygens (including phenoxy) is 2. The lowest BCUT2D eigenvalue weighted by Crippen LogP contribution is -2.34. The van der Waals surface area contributed by atoms with Crippen molar-refractivity contribution in [2.75, 3.05) is 18.5 Å². The van der Waals surface area contributed by atoms with E-state index in [-0.39, 0.29) is 22.9 Å². The molecule has 0 saturated carbocycles. The topological polar surface area (TPSA) is 47.6 Å². The second-order valence-corrected chi connectivity index (χ2v) is 8.53. The van der Waals surface area contributed by atoms with Crippen LogP contribution in [0.15, 0.2) is 47.7 Å². The maximum absolute atomic E-state index is 13.6. The van der Waals surface area contributed by atoms with Crippen LogP contribution in [0.2, 0.25) is 0 Å². The molecule has 0 bridgehead atoms. The second-order valence-electron chi connectivity index (χ2n) is 8.53. The number of anilines is 1. The number of rotatable bonds is 1. The summed E-state index contributed by atoms with van der Waals surface area (Å²) in [5, 5.41) is 3.50. The van der Waals surface area contributed by atoms with Gasteiger partial charge >= 0.3 is 0 Å². The SMILES string of the molecule is CC1(C)CC(=O)C2=C(C1)Nc1cc3c(cc1[C@@H]2c1ccc(F)cc1)OCCO3. The Bertz CT molecular complexity index is 1010. The molecule has 2 aromatic rings. The summed E-state index contributed by atoms with van der Waals surface area (Å²) < 4.78 is 25.1. The number of carbonyl (C=O) groups excluding carboxylic acids is 1. The molecule has 0 unspecified atom stereocenters. The van der Waals surface area contributed by atoms with E-state index in [0.717, 1.165) is 34.5 Å². The zero-order chi connectivity index (χ0) is 19.5. The molecule has 0 saturated heterocycles. The average Bonchev–Trinajstić information content (AvgIpc) is 2.64. The predicted octanol–water partition coefficient (Wildman–Crippen LogP) is 4.80. The number of halogens is 1. The van der Waals surface area contributed by atoms with E-state index in [9.17, 15) is 9.18 Å². The summed E-state index contributed by atoms with van der Waals surface area (Å²) in [6, 6.07) is 10.4. The van der Waals surface area contributed by atoms with E-state index >= 15 is 0 Å². The van der Waals surface area contributed by atoms with Crippen LogP contribution in [-0.2, 0) is 4.79 Å². The van der Waals surface area contributed by atoms with Gasteiger partial charge in [-0.15, -0.1) is 0 Å². The number of ketones is 1. The van der Waals surface area contributed by atoms with E-state index < -0.39 is 0 Å². The van der Waals surface area contributed by atoms with Crippen LogP contribution in [0.4, 0.5) is 10.1 Å². The Kier molecular flexibility index (Phi) is 3.76. The van der Waals surface area contributed by atoms with Gasteiger partial charge < -0.3 is 14.8 Å². The summed E-state index contributed by atoms with van der Waals surface area (Å²) >= 11 is 0. The molecule has 1 N–H and O–H groups in total. The zero-order valence-electron chi connectivity index (χ0n) is 16.0. The fraction of sp³-hybridized carbons (Fsp3) is 0.348. The monoisotopic (exact) mass is 379 g/mol. The summed E-state index contributed by atoms with van der Waals surface area (Å²) in [4.78, 5) is 13.2. The quantitative estimate of drug-likeness (QED) is 0.773. The number of allylic oxidation sites excluding steroid dienone is 2. The first-order valence-electron chi connectivity index (χ1n) is 9.64. The number of Topliss-reactive ketones (excluding diaryl/α,β-unsaturated/α-hetero) is 1. The molecule has 0 radical (unpaired) electrons. The van der Waals surface area contributed by atoms with Crippen LogP contribution in [0, 0.1) is 11.2 Å². The van der Waals surface area contributed by atoms with Crippen LogP contribution in [-0.4, -0.2) is 19.0 Å². The molecular weight excluding hydrogens is 357 g/mol. The highest BCUT2D eigenvalue weighted by atomic mass is 19.1. The summed E-state index contributed by atoms with van der Waals surface area (Å²) in [7, 11) is 0. The third kappa shape index (κ3) is 2.77. The van der Waals surface area contributed by atoms with Crippen molar-refractivity contribution in [1.82, 2.24) is 0 Å². The lowest BCUT2D eigenvalue weighted by molar-refractivity contribution is -0.118. The van der Waals surface area contributed by atoms with E-state index in [0.29, 0.717) is 31.1 Å². The predicted molar refractivity (Wildman–Crippen MR) is 104 cm³/mol. The lowest BCUT2D eigenvalue weighted by Gasteiger charge is -2.40. The zero-order valence-corrected chi connectivity index (χ0v) is 16.0. The highest BCUT2D eigenvalue weighted by Gasteiger charge is 2.41. The Labute approximate surface area is 163 Å². The number of fused-ring (bicyclic) bond motifs is 2. The minimum atomic E-state index is -0.287. The minimum Gasteiger partial charge on any atom is -0.486 e. The summed E-state index contributed by atoms with van der Waals surface area (Å²) in [6.07, 6.45) is 1.30. The highest BCUT2D eigenvalue weighted by molar-refractivity contribution is 6.01. The van der Waals surface area contributed by atoms with Crippen molar-refractivity contribution in [3.8, 4) is 11.5 Å². The first-order valence-corrected chi connectivity index (χ1v) is 9.64. The first-order chi connectivity index (χ1) is 13.4. The molecule has 144 valence electrons. The Morgan fingerprint density at radius 1 is 1.04 bits per heavy atom. The Balaban J connectivity index is 1.72. The van der Waals surface area contributed by atoms with Crippen LogP contribution in [0.25, 0.3) is 0 Å². The summed E-state index contributed by atoms with van der Waals surface area (Å²) in [5.74, 6) is 1.01. The van der Waals surface area contributed by atoms with Crippen molar-refractivity contribution >= 4 is 11.5 Å². The molecule has 1 aliphatic carbocycles. The molecule has 3 aliphatic rings. The van der Waals surface area contributed by atoms with Gasteiger partial charge in [0.05, 0.1) is 0 Å². The number of hydrogen-bond acceptors (Lipinski definition) is 4. The minimum absolute atomic E-state index is 0.0956. The normalized spacial score (nSPS) is 22.2. The highest BCUT2D eigenvalue weighted by Crippen LogP contribution is 2.51. The van der Waals surface area contributed by atoms with Gasteiger partial charge in [-0.25, -0.2) is 4.39 Å². The molecule has 0 fully saturated rings. The maximum atomic E-state index is 13.6. The smallest absolute Gasteiger partial charge is 0.163 e. The Morgan fingerprint density at radius 3 is 2.43 bits per heavy atom. The van der Waals surface area contributed by atoms with Gasteiger partial charge in [-0.05, 0) is 41.2 Å². The van der Waals surface area contributed by atoms with Crippen LogP contribution < -0.4 is 14.8 Å². The van der Waals surface area contributed by atoms with Crippen molar-refractivity contribution in [2.45, 2.75) is 32.6 Å². The van der Waals surface area contributed by atoms with Crippen molar-refractivity contribution in [3.63, 3.8) is 0 Å². The van der Waals surface area contributed by atoms with Gasteiger partial charge in [0, 0.05) is 35.4 Å². The van der Waals surface area contributed by atoms with Gasteiger partial charge in [-0.3, -0.25) is 4.79 Å². The van der Waals surface area contributed by atoms with E-state index in [1.165, 1.54) is 12.1 Å². The van der Waals surface area contributed by atoms with Crippen LogP contribution in [0.5, 0.6) is 11.5 Å². The standard InChI is InChI=1S/C23H22FNO3/c1-23(2)11-17-22(18(26)12-23)21(13-3-5-14(24)6-4-13)15-9-19-20(10-16(15)25-17)28-8-7-27-19/h3-6,9-10,21,25H,7-8,11-12H2,1-2H3/t21-/m0/s1. The third-order valence-electron chi connectivity index (χ3n) is 5.72. The van der Waals surface area contributed by atoms with Crippen LogP contribution in [0.3, 0.4) is 0 Å². The molecule has 2 aromatic carbocycles. The molecule has 4 nitrogen and oxygen atoms in total. The van der Waals surface area contributed by atoms with Crippen molar-refractivity contribution < 1.29 is 18.7 Å². The van der Waals surface area contributed by atoms with Gasteiger partial charge in [-0.2, -0.15) is 0 Å². The largest absolute Gasteiger partial charge is 0.486 e. The maximum Gasteiger partial charge on any atom is 0.163 e. The Hall–Kier alpha value is -2.82. The number of carbonyl (C=O) groups is 1. The fourth-order valence-corrected chi connectivity index (χ4v) is 4.55. The van der Waals surface area contributed by atoms with E-state index in [2.05, 4.69) is 19.2 Å². The van der Waals surface area contributed by atoms with Gasteiger partial charge in [0.1, 0.15) is 19.0 Å². The van der Waals surface area contributed by atoms with Gasteiger partial charge in [0.25, 0.3) is 0 Å². The molecule has 0 amide bonds.